The smallest absolute Gasteiger partial charge is 0.245 e. The van der Waals surface area contributed by atoms with Crippen LogP contribution in [0, 0.1) is 0 Å². The van der Waals surface area contributed by atoms with Crippen molar-refractivity contribution in [1.82, 2.24) is 16.1 Å². The Morgan fingerprint density at radius 1 is 1.31 bits per heavy atom. The van der Waals surface area contributed by atoms with Crippen LogP contribution in [0.4, 0.5) is 0 Å². The highest BCUT2D eigenvalue weighted by Gasteiger charge is 2.25. The van der Waals surface area contributed by atoms with Gasteiger partial charge in [-0.1, -0.05) is 50.1 Å². The molecular weight excluding hydrogens is 354 g/mol. The summed E-state index contributed by atoms with van der Waals surface area (Å²) in [6.07, 6.45) is 4.90. The molecule has 2 rings (SSSR count). The molecule has 7 heteroatoms. The first kappa shape index (κ1) is 22.4. The van der Waals surface area contributed by atoms with Gasteiger partial charge in [-0.15, -0.1) is 12.4 Å². The van der Waals surface area contributed by atoms with Gasteiger partial charge in [0.1, 0.15) is 0 Å². The molecule has 0 aromatic heterocycles. The molecule has 0 bridgehead atoms. The van der Waals surface area contributed by atoms with Crippen molar-refractivity contribution < 1.29 is 14.4 Å². The molecule has 1 aliphatic rings. The molecule has 0 radical (unpaired) electrons. The van der Waals surface area contributed by atoms with Gasteiger partial charge in [-0.3, -0.25) is 14.4 Å². The Bertz CT molecular complexity index is 536. The molecule has 0 spiro atoms. The number of carbonyl (C=O) groups is 2. The Kier molecular flexibility index (Phi) is 10.9. The summed E-state index contributed by atoms with van der Waals surface area (Å²) in [6.45, 7) is 3.30. The van der Waals surface area contributed by atoms with Crippen molar-refractivity contribution >= 4 is 24.2 Å². The second-order valence-electron chi connectivity index (χ2n) is 6.50. The average molecular weight is 384 g/mol. The summed E-state index contributed by atoms with van der Waals surface area (Å²) < 4.78 is 0. The number of hydroxylamine groups is 1. The van der Waals surface area contributed by atoms with Crippen LogP contribution in [0.1, 0.15) is 51.0 Å². The van der Waals surface area contributed by atoms with Gasteiger partial charge in [0.2, 0.25) is 11.8 Å². The molecule has 3 N–H and O–H groups in total. The Labute approximate surface area is 161 Å². The fourth-order valence-electron chi connectivity index (χ4n) is 2.93. The van der Waals surface area contributed by atoms with Gasteiger partial charge < -0.3 is 10.6 Å². The number of benzene rings is 1. The van der Waals surface area contributed by atoms with E-state index >= 15 is 0 Å². The van der Waals surface area contributed by atoms with Crippen LogP contribution < -0.4 is 16.1 Å². The van der Waals surface area contributed by atoms with Crippen LogP contribution in [0.15, 0.2) is 30.3 Å². The molecule has 6 nitrogen and oxygen atoms in total. The topological polar surface area (TPSA) is 79.5 Å². The highest BCUT2D eigenvalue weighted by molar-refractivity contribution is 5.85. The molecule has 26 heavy (non-hydrogen) atoms. The predicted molar refractivity (Wildman–Crippen MR) is 104 cm³/mol. The number of unbranched alkanes of at least 4 members (excludes halogenated alkanes) is 1. The first-order chi connectivity index (χ1) is 12.2. The highest BCUT2D eigenvalue weighted by atomic mass is 35.5. The SMILES string of the molecule is CCCC[C@@H](CC(=O)NOCc1ccccc1)NC(=O)[C@@H]1CCCN1.Cl. The molecule has 1 saturated heterocycles. The summed E-state index contributed by atoms with van der Waals surface area (Å²) in [5.41, 5.74) is 3.47. The van der Waals surface area contributed by atoms with Gasteiger partial charge in [-0.25, -0.2) is 5.48 Å². The number of halogens is 1. The van der Waals surface area contributed by atoms with Gasteiger partial charge >= 0.3 is 0 Å². The number of rotatable bonds is 10. The average Bonchev–Trinajstić information content (AvgIpc) is 3.15. The number of hydrogen-bond donors (Lipinski definition) is 3. The van der Waals surface area contributed by atoms with Gasteiger partial charge in [0.15, 0.2) is 0 Å². The lowest BCUT2D eigenvalue weighted by atomic mass is 10.1. The van der Waals surface area contributed by atoms with Crippen molar-refractivity contribution in [2.45, 2.75) is 64.1 Å². The number of carbonyl (C=O) groups excluding carboxylic acids is 2. The van der Waals surface area contributed by atoms with Gasteiger partial charge in [-0.2, -0.15) is 0 Å². The van der Waals surface area contributed by atoms with E-state index in [9.17, 15) is 9.59 Å². The lowest BCUT2D eigenvalue weighted by Crippen LogP contribution is -2.46. The third kappa shape index (κ3) is 8.17. The van der Waals surface area contributed by atoms with Crippen LogP contribution in [0.5, 0.6) is 0 Å². The van der Waals surface area contributed by atoms with Gasteiger partial charge in [-0.05, 0) is 31.4 Å². The molecule has 0 saturated carbocycles. The summed E-state index contributed by atoms with van der Waals surface area (Å²) >= 11 is 0. The molecule has 1 aromatic rings. The second kappa shape index (κ2) is 12.7. The maximum absolute atomic E-state index is 12.3. The highest BCUT2D eigenvalue weighted by Crippen LogP contribution is 2.09. The zero-order valence-electron chi connectivity index (χ0n) is 15.3. The molecule has 1 heterocycles. The largest absolute Gasteiger partial charge is 0.351 e. The van der Waals surface area contributed by atoms with Gasteiger partial charge in [0.05, 0.1) is 12.6 Å². The lowest BCUT2D eigenvalue weighted by molar-refractivity contribution is -0.135. The summed E-state index contributed by atoms with van der Waals surface area (Å²) in [6, 6.07) is 9.37. The minimum atomic E-state index is -0.211. The van der Waals surface area contributed by atoms with Crippen LogP contribution in [-0.2, 0) is 21.0 Å². The zero-order chi connectivity index (χ0) is 17.9. The molecule has 1 aromatic carbocycles. The van der Waals surface area contributed by atoms with E-state index in [2.05, 4.69) is 23.0 Å². The van der Waals surface area contributed by atoms with E-state index in [0.29, 0.717) is 6.61 Å². The van der Waals surface area contributed by atoms with Crippen molar-refractivity contribution in [1.29, 1.82) is 0 Å². The van der Waals surface area contributed by atoms with Gasteiger partial charge in [0.25, 0.3) is 0 Å². The normalized spacial score (nSPS) is 17.2. The van der Waals surface area contributed by atoms with E-state index in [1.807, 2.05) is 30.3 Å². The minimum absolute atomic E-state index is 0. The van der Waals surface area contributed by atoms with Crippen molar-refractivity contribution in [2.75, 3.05) is 6.54 Å². The Morgan fingerprint density at radius 3 is 2.73 bits per heavy atom. The van der Waals surface area contributed by atoms with Crippen molar-refractivity contribution in [3.63, 3.8) is 0 Å². The quantitative estimate of drug-likeness (QED) is 0.542. The third-order valence-electron chi connectivity index (χ3n) is 4.33. The lowest BCUT2D eigenvalue weighted by Gasteiger charge is -2.20. The van der Waals surface area contributed by atoms with E-state index in [0.717, 1.165) is 44.2 Å². The Balaban J connectivity index is 0.00000338. The van der Waals surface area contributed by atoms with Crippen LogP contribution in [0.2, 0.25) is 0 Å². The first-order valence-corrected chi connectivity index (χ1v) is 9.17. The number of hydrogen-bond acceptors (Lipinski definition) is 4. The summed E-state index contributed by atoms with van der Waals surface area (Å²) in [7, 11) is 0. The van der Waals surface area contributed by atoms with E-state index < -0.39 is 0 Å². The molecular formula is C19H30ClN3O3. The van der Waals surface area contributed by atoms with E-state index in [1.165, 1.54) is 0 Å². The fraction of sp³-hybridized carbons (Fsp3) is 0.579. The fourth-order valence-corrected chi connectivity index (χ4v) is 2.93. The van der Waals surface area contributed by atoms with Crippen LogP contribution in [0.3, 0.4) is 0 Å². The van der Waals surface area contributed by atoms with E-state index in [-0.39, 0.29) is 42.7 Å². The molecule has 1 aliphatic heterocycles. The predicted octanol–water partition coefficient (Wildman–Crippen LogP) is 2.47. The third-order valence-corrected chi connectivity index (χ3v) is 4.33. The van der Waals surface area contributed by atoms with Crippen LogP contribution in [-0.4, -0.2) is 30.4 Å². The first-order valence-electron chi connectivity index (χ1n) is 9.17. The number of amides is 2. The van der Waals surface area contributed by atoms with Gasteiger partial charge in [0, 0.05) is 12.5 Å². The Hall–Kier alpha value is -1.63. The minimum Gasteiger partial charge on any atom is -0.351 e. The molecule has 1 fully saturated rings. The summed E-state index contributed by atoms with van der Waals surface area (Å²) in [5, 5.41) is 6.20. The maximum Gasteiger partial charge on any atom is 0.245 e. The molecule has 146 valence electrons. The van der Waals surface area contributed by atoms with Crippen LogP contribution in [0.25, 0.3) is 0 Å². The van der Waals surface area contributed by atoms with Crippen molar-refractivity contribution in [3.8, 4) is 0 Å². The van der Waals surface area contributed by atoms with E-state index in [1.54, 1.807) is 0 Å². The maximum atomic E-state index is 12.3. The van der Waals surface area contributed by atoms with E-state index in [4.69, 9.17) is 4.84 Å². The standard InChI is InChI=1S/C19H29N3O3.ClH/c1-2-3-10-16(21-19(24)17-11-7-12-20-17)13-18(23)22-25-14-15-8-5-4-6-9-15;/h4-6,8-9,16-17,20H,2-3,7,10-14H2,1H3,(H,21,24)(H,22,23);1H/t16-,17-;/m0./s1. The van der Waals surface area contributed by atoms with Crippen molar-refractivity contribution in [3.05, 3.63) is 35.9 Å². The van der Waals surface area contributed by atoms with Crippen molar-refractivity contribution in [2.24, 2.45) is 0 Å². The summed E-state index contributed by atoms with van der Waals surface area (Å²) in [5.74, 6) is -0.215. The van der Waals surface area contributed by atoms with Crippen LogP contribution >= 0.6 is 12.4 Å². The molecule has 0 unspecified atom stereocenters. The molecule has 2 atom stereocenters. The Morgan fingerprint density at radius 2 is 2.08 bits per heavy atom. The second-order valence-corrected chi connectivity index (χ2v) is 6.50. The monoisotopic (exact) mass is 383 g/mol. The molecule has 0 aliphatic carbocycles. The summed E-state index contributed by atoms with van der Waals surface area (Å²) in [4.78, 5) is 29.6. The molecule has 2 amide bonds. The number of nitrogens with one attached hydrogen (secondary N) is 3. The zero-order valence-corrected chi connectivity index (χ0v) is 16.1.